The Kier molecular flexibility index (Phi) is 5.94. The fourth-order valence-electron chi connectivity index (χ4n) is 4.07. The Labute approximate surface area is 182 Å². The predicted molar refractivity (Wildman–Crippen MR) is 112 cm³/mol. The van der Waals surface area contributed by atoms with Crippen LogP contribution in [-0.4, -0.2) is 37.6 Å². The van der Waals surface area contributed by atoms with Gasteiger partial charge < -0.3 is 24.8 Å². The molecule has 0 bridgehead atoms. The average molecular weight is 479 g/mol. The molecule has 2 aliphatic rings. The first-order chi connectivity index (χ1) is 14.2. The third kappa shape index (κ3) is 2.99. The molecule has 0 saturated carbocycles. The largest absolute Gasteiger partial charge is 0.462 e. The van der Waals surface area contributed by atoms with Gasteiger partial charge in [0.2, 0.25) is 11.8 Å². The Morgan fingerprint density at radius 2 is 1.73 bits per heavy atom. The van der Waals surface area contributed by atoms with Gasteiger partial charge in [-0.3, -0.25) is 4.79 Å². The van der Waals surface area contributed by atoms with Crippen molar-refractivity contribution in [1.29, 1.82) is 0 Å². The maximum absolute atomic E-state index is 13.9. The molecular weight excluding hydrogens is 456 g/mol. The SMILES string of the molecule is CCOC(=O)C1=C(C)OC(N)=C(C(=O)OCC)C12C(=O)N(CC)c1ccc(Br)cc12. The molecule has 0 aromatic heterocycles. The van der Waals surface area contributed by atoms with Gasteiger partial charge in [0, 0.05) is 22.3 Å². The van der Waals surface area contributed by atoms with Gasteiger partial charge in [0.1, 0.15) is 22.3 Å². The topological polar surface area (TPSA) is 108 Å². The summed E-state index contributed by atoms with van der Waals surface area (Å²) < 4.78 is 16.7. The number of carbonyl (C=O) groups is 3. The van der Waals surface area contributed by atoms with Gasteiger partial charge in [-0.25, -0.2) is 9.59 Å². The zero-order valence-corrected chi connectivity index (χ0v) is 18.8. The van der Waals surface area contributed by atoms with Gasteiger partial charge >= 0.3 is 11.9 Å². The van der Waals surface area contributed by atoms with Gasteiger partial charge in [-0.05, 0) is 45.9 Å². The number of fused-ring (bicyclic) bond motifs is 2. The van der Waals surface area contributed by atoms with E-state index < -0.39 is 23.3 Å². The zero-order valence-electron chi connectivity index (χ0n) is 17.2. The average Bonchev–Trinajstić information content (AvgIpc) is 2.90. The van der Waals surface area contributed by atoms with E-state index in [0.717, 1.165) is 0 Å². The second kappa shape index (κ2) is 8.14. The number of amides is 1. The van der Waals surface area contributed by atoms with Crippen LogP contribution in [0.4, 0.5) is 5.69 Å². The summed E-state index contributed by atoms with van der Waals surface area (Å²) in [6.45, 7) is 7.07. The van der Waals surface area contributed by atoms with Crippen LogP contribution in [0, 0.1) is 0 Å². The molecule has 1 aromatic carbocycles. The summed E-state index contributed by atoms with van der Waals surface area (Å²) >= 11 is 3.43. The molecule has 160 valence electrons. The zero-order chi connectivity index (χ0) is 22.2. The second-order valence-corrected chi connectivity index (χ2v) is 7.59. The van der Waals surface area contributed by atoms with E-state index in [1.807, 2.05) is 0 Å². The maximum Gasteiger partial charge on any atom is 0.341 e. The van der Waals surface area contributed by atoms with Gasteiger partial charge in [0.05, 0.1) is 13.2 Å². The van der Waals surface area contributed by atoms with Crippen LogP contribution in [0.3, 0.4) is 0 Å². The highest BCUT2D eigenvalue weighted by atomic mass is 79.9. The molecule has 2 aliphatic heterocycles. The van der Waals surface area contributed by atoms with Crippen molar-refractivity contribution in [3.63, 3.8) is 0 Å². The number of benzene rings is 1. The highest BCUT2D eigenvalue weighted by Gasteiger charge is 2.63. The smallest absolute Gasteiger partial charge is 0.341 e. The van der Waals surface area contributed by atoms with Gasteiger partial charge in [-0.2, -0.15) is 0 Å². The number of ether oxygens (including phenoxy) is 3. The fourth-order valence-corrected chi connectivity index (χ4v) is 4.43. The van der Waals surface area contributed by atoms with Crippen LogP contribution in [0.2, 0.25) is 0 Å². The molecule has 1 amide bonds. The summed E-state index contributed by atoms with van der Waals surface area (Å²) in [5.41, 5.74) is 4.98. The van der Waals surface area contributed by atoms with E-state index in [-0.39, 0.29) is 36.0 Å². The summed E-state index contributed by atoms with van der Waals surface area (Å²) in [5, 5.41) is 0. The van der Waals surface area contributed by atoms with Crippen LogP contribution in [0.15, 0.2) is 45.5 Å². The first kappa shape index (κ1) is 21.9. The summed E-state index contributed by atoms with van der Waals surface area (Å²) in [4.78, 5) is 41.6. The van der Waals surface area contributed by atoms with Crippen molar-refractivity contribution < 1.29 is 28.6 Å². The number of hydrogen-bond acceptors (Lipinski definition) is 7. The maximum atomic E-state index is 13.9. The highest BCUT2D eigenvalue weighted by Crippen LogP contribution is 2.55. The first-order valence-corrected chi connectivity index (χ1v) is 10.4. The molecule has 3 rings (SSSR count). The predicted octanol–water partition coefficient (Wildman–Crippen LogP) is 2.65. The van der Waals surface area contributed by atoms with E-state index in [4.69, 9.17) is 19.9 Å². The van der Waals surface area contributed by atoms with Crippen molar-refractivity contribution in [2.45, 2.75) is 33.1 Å². The minimum atomic E-state index is -1.83. The number of nitrogens with zero attached hydrogens (tertiary/aromatic N) is 1. The van der Waals surface area contributed by atoms with Crippen molar-refractivity contribution >= 4 is 39.5 Å². The third-order valence-electron chi connectivity index (χ3n) is 5.11. The van der Waals surface area contributed by atoms with E-state index in [2.05, 4.69) is 15.9 Å². The number of halogens is 1. The number of esters is 2. The molecule has 0 saturated heterocycles. The molecule has 1 spiro atoms. The minimum Gasteiger partial charge on any atom is -0.462 e. The summed E-state index contributed by atoms with van der Waals surface area (Å²) in [6, 6.07) is 5.24. The van der Waals surface area contributed by atoms with Crippen LogP contribution >= 0.6 is 15.9 Å². The first-order valence-electron chi connectivity index (χ1n) is 9.61. The van der Waals surface area contributed by atoms with Crippen LogP contribution in [0.25, 0.3) is 0 Å². The number of allylic oxidation sites excluding steroid dienone is 1. The second-order valence-electron chi connectivity index (χ2n) is 6.67. The van der Waals surface area contributed by atoms with Crippen LogP contribution in [-0.2, 0) is 34.0 Å². The quantitative estimate of drug-likeness (QED) is 0.647. The Hall–Kier alpha value is -2.81. The monoisotopic (exact) mass is 478 g/mol. The van der Waals surface area contributed by atoms with Crippen molar-refractivity contribution in [2.24, 2.45) is 5.73 Å². The van der Waals surface area contributed by atoms with E-state index in [0.29, 0.717) is 22.3 Å². The van der Waals surface area contributed by atoms with Crippen molar-refractivity contribution in [1.82, 2.24) is 0 Å². The molecule has 0 radical (unpaired) electrons. The lowest BCUT2D eigenvalue weighted by atomic mass is 9.67. The van der Waals surface area contributed by atoms with Gasteiger partial charge in [-0.15, -0.1) is 0 Å². The Bertz CT molecular complexity index is 957. The molecule has 1 atom stereocenters. The Morgan fingerprint density at radius 3 is 2.30 bits per heavy atom. The number of nitrogens with two attached hydrogens (primary N) is 1. The number of likely N-dealkylation sites (N-methyl/N-ethyl adjacent to an activating group) is 1. The molecule has 1 aromatic rings. The third-order valence-corrected chi connectivity index (χ3v) is 5.60. The van der Waals surface area contributed by atoms with Crippen molar-refractivity contribution in [2.75, 3.05) is 24.7 Å². The molecule has 30 heavy (non-hydrogen) atoms. The molecule has 0 aliphatic carbocycles. The van der Waals surface area contributed by atoms with E-state index >= 15 is 0 Å². The van der Waals surface area contributed by atoms with Crippen LogP contribution in [0.5, 0.6) is 0 Å². The molecule has 2 N–H and O–H groups in total. The number of carbonyl (C=O) groups excluding carboxylic acids is 3. The number of anilines is 1. The van der Waals surface area contributed by atoms with Crippen molar-refractivity contribution in [3.8, 4) is 0 Å². The summed E-state index contributed by atoms with van der Waals surface area (Å²) in [7, 11) is 0. The molecular formula is C21H23BrN2O6. The lowest BCUT2D eigenvalue weighted by Crippen LogP contribution is -2.50. The molecule has 1 unspecified atom stereocenters. The highest BCUT2D eigenvalue weighted by molar-refractivity contribution is 9.10. The number of rotatable bonds is 5. The van der Waals surface area contributed by atoms with Crippen LogP contribution < -0.4 is 10.6 Å². The standard InChI is InChI=1S/C21H23BrN2O6/c1-5-24-14-9-8-12(22)10-13(14)21(20(24)27)15(18(25)28-6-2)11(4)30-17(23)16(21)19(26)29-7-3/h8-10H,5-7,23H2,1-4H3. The summed E-state index contributed by atoms with van der Waals surface area (Å²) in [5.74, 6) is -2.27. The van der Waals surface area contributed by atoms with E-state index in [9.17, 15) is 14.4 Å². The van der Waals surface area contributed by atoms with E-state index in [1.165, 1.54) is 11.8 Å². The number of hydrogen-bond donors (Lipinski definition) is 1. The van der Waals surface area contributed by atoms with E-state index in [1.54, 1.807) is 39.0 Å². The van der Waals surface area contributed by atoms with Crippen LogP contribution in [0.1, 0.15) is 33.3 Å². The lowest BCUT2D eigenvalue weighted by molar-refractivity contribution is -0.143. The summed E-state index contributed by atoms with van der Waals surface area (Å²) in [6.07, 6.45) is 0. The molecule has 8 nitrogen and oxygen atoms in total. The van der Waals surface area contributed by atoms with Gasteiger partial charge in [0.25, 0.3) is 0 Å². The van der Waals surface area contributed by atoms with Gasteiger partial charge in [0.15, 0.2) is 0 Å². The Morgan fingerprint density at radius 1 is 1.13 bits per heavy atom. The minimum absolute atomic E-state index is 0.0557. The van der Waals surface area contributed by atoms with Gasteiger partial charge in [-0.1, -0.05) is 15.9 Å². The van der Waals surface area contributed by atoms with Crippen molar-refractivity contribution in [3.05, 3.63) is 51.0 Å². The Balaban J connectivity index is 2.46. The normalized spacial score (nSPS) is 20.4. The molecule has 9 heteroatoms. The fraction of sp³-hybridized carbons (Fsp3) is 0.381. The molecule has 2 heterocycles. The lowest BCUT2D eigenvalue weighted by Gasteiger charge is -2.36. The molecule has 0 fully saturated rings.